The van der Waals surface area contributed by atoms with Crippen molar-refractivity contribution in [2.45, 2.75) is 6.92 Å². The largest absolute Gasteiger partial charge is 0.492 e. The van der Waals surface area contributed by atoms with Gasteiger partial charge in [0.15, 0.2) is 0 Å². The lowest BCUT2D eigenvalue weighted by atomic mass is 10.2. The van der Waals surface area contributed by atoms with Crippen LogP contribution in [0.1, 0.15) is 12.5 Å². The zero-order valence-electron chi connectivity index (χ0n) is 9.21. The highest BCUT2D eigenvalue weighted by molar-refractivity contribution is 9.11. The number of benzene rings is 1. The van der Waals surface area contributed by atoms with Crippen LogP contribution in [0, 0.1) is 0 Å². The van der Waals surface area contributed by atoms with E-state index in [1.54, 1.807) is 6.21 Å². The van der Waals surface area contributed by atoms with Crippen LogP contribution in [0.15, 0.2) is 26.2 Å². The van der Waals surface area contributed by atoms with Crippen molar-refractivity contribution in [3.63, 3.8) is 0 Å². The molecule has 0 radical (unpaired) electrons. The van der Waals surface area contributed by atoms with Crippen LogP contribution in [-0.4, -0.2) is 18.8 Å². The average molecular weight is 365 g/mol. The highest BCUT2D eigenvalue weighted by Gasteiger charge is 2.10. The van der Waals surface area contributed by atoms with Gasteiger partial charge in [-0.15, -0.1) is 5.10 Å². The fourth-order valence-electron chi connectivity index (χ4n) is 1.16. The number of rotatable bonds is 4. The van der Waals surface area contributed by atoms with Gasteiger partial charge in [-0.05, 0) is 35.0 Å². The van der Waals surface area contributed by atoms with Crippen LogP contribution >= 0.6 is 31.9 Å². The van der Waals surface area contributed by atoms with E-state index in [4.69, 9.17) is 16.2 Å². The van der Waals surface area contributed by atoms with Crippen molar-refractivity contribution < 1.29 is 9.84 Å². The molecule has 17 heavy (non-hydrogen) atoms. The van der Waals surface area contributed by atoms with Gasteiger partial charge >= 0.3 is 0 Å². The summed E-state index contributed by atoms with van der Waals surface area (Å²) in [5.41, 5.74) is 11.2. The van der Waals surface area contributed by atoms with Gasteiger partial charge in [0.05, 0.1) is 16.6 Å². The van der Waals surface area contributed by atoms with E-state index in [-0.39, 0.29) is 5.96 Å². The van der Waals surface area contributed by atoms with E-state index in [0.717, 1.165) is 20.3 Å². The molecular weight excluding hydrogens is 352 g/mol. The number of halogens is 2. The third-order valence-corrected chi connectivity index (χ3v) is 2.79. The molecule has 92 valence electrons. The molecule has 0 aromatic heterocycles. The van der Waals surface area contributed by atoms with Crippen molar-refractivity contribution in [1.29, 1.82) is 0 Å². The van der Waals surface area contributed by atoms with Gasteiger partial charge in [-0.2, -0.15) is 0 Å². The van der Waals surface area contributed by atoms with Crippen molar-refractivity contribution in [1.82, 2.24) is 0 Å². The van der Waals surface area contributed by atoms with Crippen molar-refractivity contribution in [2.24, 2.45) is 16.6 Å². The minimum atomic E-state index is -0.0340. The monoisotopic (exact) mass is 363 g/mol. The van der Waals surface area contributed by atoms with Crippen LogP contribution in [0.25, 0.3) is 0 Å². The first-order valence-corrected chi connectivity index (χ1v) is 6.42. The summed E-state index contributed by atoms with van der Waals surface area (Å²) in [6.07, 6.45) is 1.65. The molecule has 0 aliphatic heterocycles. The van der Waals surface area contributed by atoms with Gasteiger partial charge in [0.2, 0.25) is 6.21 Å². The van der Waals surface area contributed by atoms with E-state index >= 15 is 0 Å². The molecule has 5 N–H and O–H groups in total. The predicted molar refractivity (Wildman–Crippen MR) is 74.9 cm³/mol. The number of nitrogens with two attached hydrogens (primary N) is 2. The summed E-state index contributed by atoms with van der Waals surface area (Å²) >= 11 is 6.83. The standard InChI is InChI=1S/C10H12Br2N4O/c1-2-17-9-6(5-15-16-10(13)14)3-7(11)4-8(9)12/h3-5H,2H2,1H3,(H4,13,14,16)/p+1/b15-5+. The highest BCUT2D eigenvalue weighted by atomic mass is 79.9. The normalized spacial score (nSPS) is 10.5. The number of nitrogens with zero attached hydrogens (tertiary/aromatic N) is 1. The van der Waals surface area contributed by atoms with E-state index in [1.165, 1.54) is 0 Å². The second kappa shape index (κ2) is 6.61. The molecule has 5 nitrogen and oxygen atoms in total. The third-order valence-electron chi connectivity index (χ3n) is 1.74. The summed E-state index contributed by atoms with van der Waals surface area (Å²) in [6, 6.07) is 3.80. The Balaban J connectivity index is 3.11. The van der Waals surface area contributed by atoms with E-state index in [0.29, 0.717) is 6.61 Å². The van der Waals surface area contributed by atoms with E-state index < -0.39 is 0 Å². The molecule has 1 aromatic carbocycles. The maximum atomic E-state index is 5.53. The quantitative estimate of drug-likeness (QED) is 0.408. The Labute approximate surface area is 116 Å². The first-order valence-electron chi connectivity index (χ1n) is 4.83. The maximum absolute atomic E-state index is 5.53. The Morgan fingerprint density at radius 1 is 1.47 bits per heavy atom. The lowest BCUT2D eigenvalue weighted by Crippen LogP contribution is -2.63. The molecule has 1 aromatic rings. The topological polar surface area (TPSA) is 87.6 Å². The van der Waals surface area contributed by atoms with Crippen molar-refractivity contribution in [3.8, 4) is 5.75 Å². The number of hydrogen-bond donors (Lipinski definition) is 3. The molecule has 0 saturated heterocycles. The molecule has 0 heterocycles. The Morgan fingerprint density at radius 3 is 2.76 bits per heavy atom. The summed E-state index contributed by atoms with van der Waals surface area (Å²) in [4.78, 5) is 0. The smallest absolute Gasteiger partial charge is 0.256 e. The summed E-state index contributed by atoms with van der Waals surface area (Å²) in [6.45, 7) is 2.49. The fourth-order valence-corrected chi connectivity index (χ4v) is 2.53. The minimum absolute atomic E-state index is 0.0340. The summed E-state index contributed by atoms with van der Waals surface area (Å²) in [7, 11) is 0. The molecule has 0 amide bonds. The zero-order chi connectivity index (χ0) is 12.8. The average Bonchev–Trinajstić information content (AvgIpc) is 2.22. The van der Waals surface area contributed by atoms with Crippen LogP contribution in [0.3, 0.4) is 0 Å². The molecule has 0 saturated carbocycles. The number of guanidine groups is 1. The second-order valence-electron chi connectivity index (χ2n) is 3.05. The highest BCUT2D eigenvalue weighted by Crippen LogP contribution is 2.31. The van der Waals surface area contributed by atoms with Gasteiger partial charge in [0.1, 0.15) is 5.75 Å². The van der Waals surface area contributed by atoms with E-state index in [1.807, 2.05) is 19.1 Å². The van der Waals surface area contributed by atoms with Crippen LogP contribution in [0.5, 0.6) is 5.75 Å². The van der Waals surface area contributed by atoms with E-state index in [9.17, 15) is 0 Å². The summed E-state index contributed by atoms with van der Waals surface area (Å²) in [5.74, 6) is 0.697. The number of ether oxygens (including phenoxy) is 1. The second-order valence-corrected chi connectivity index (χ2v) is 4.82. The molecular formula is C10H13Br2N4O+. The first-order chi connectivity index (χ1) is 8.04. The SMILES string of the molecule is CCOc1c(Br)cc(Br)cc1/C=[NH+]/N=C(N)N. The van der Waals surface area contributed by atoms with Crippen LogP contribution in [-0.2, 0) is 0 Å². The molecule has 7 heteroatoms. The van der Waals surface area contributed by atoms with Crippen molar-refractivity contribution in [2.75, 3.05) is 6.61 Å². The molecule has 0 aliphatic carbocycles. The van der Waals surface area contributed by atoms with Gasteiger partial charge in [0.25, 0.3) is 5.96 Å². The van der Waals surface area contributed by atoms with Crippen LogP contribution < -0.4 is 21.3 Å². The Bertz CT molecular complexity index is 456. The molecule has 0 unspecified atom stereocenters. The number of hydrogen-bond acceptors (Lipinski definition) is 2. The summed E-state index contributed by atoms with van der Waals surface area (Å²) < 4.78 is 7.31. The molecule has 0 aliphatic rings. The molecule has 1 rings (SSSR count). The fraction of sp³-hybridized carbons (Fsp3) is 0.200. The lowest BCUT2D eigenvalue weighted by Gasteiger charge is -2.08. The van der Waals surface area contributed by atoms with Gasteiger partial charge in [0, 0.05) is 9.57 Å². The molecule has 0 fully saturated rings. The van der Waals surface area contributed by atoms with Gasteiger partial charge in [-0.1, -0.05) is 15.9 Å². The maximum Gasteiger partial charge on any atom is 0.256 e. The first kappa shape index (κ1) is 14.0. The Kier molecular flexibility index (Phi) is 5.43. The lowest BCUT2D eigenvalue weighted by molar-refractivity contribution is -0.456. The van der Waals surface area contributed by atoms with Gasteiger partial charge < -0.3 is 16.2 Å². The summed E-state index contributed by atoms with van der Waals surface area (Å²) in [5, 5.41) is 6.31. The van der Waals surface area contributed by atoms with Gasteiger partial charge in [-0.3, -0.25) is 0 Å². The zero-order valence-corrected chi connectivity index (χ0v) is 12.4. The van der Waals surface area contributed by atoms with E-state index in [2.05, 4.69) is 42.1 Å². The van der Waals surface area contributed by atoms with Crippen molar-refractivity contribution >= 4 is 44.0 Å². The molecule has 0 bridgehead atoms. The van der Waals surface area contributed by atoms with Gasteiger partial charge in [-0.25, -0.2) is 0 Å². The molecule has 0 atom stereocenters. The molecule has 0 spiro atoms. The van der Waals surface area contributed by atoms with Crippen LogP contribution in [0.4, 0.5) is 0 Å². The predicted octanol–water partition coefficient (Wildman–Crippen LogP) is 0.298. The minimum Gasteiger partial charge on any atom is -0.492 e. The third kappa shape index (κ3) is 4.35. The van der Waals surface area contributed by atoms with Crippen LogP contribution in [0.2, 0.25) is 0 Å². The number of hydrazone groups is 1. The Hall–Kier alpha value is -1.08. The Morgan fingerprint density at radius 2 is 2.18 bits per heavy atom. The van der Waals surface area contributed by atoms with Crippen molar-refractivity contribution in [3.05, 3.63) is 26.6 Å². The number of nitrogens with one attached hydrogen (secondary N) is 1.